The van der Waals surface area contributed by atoms with E-state index in [0.29, 0.717) is 12.2 Å². The van der Waals surface area contributed by atoms with Crippen molar-refractivity contribution in [2.75, 3.05) is 56.5 Å². The normalized spacial score (nSPS) is 15.9. The number of sulfonamides is 1. The summed E-state index contributed by atoms with van der Waals surface area (Å²) in [5, 5.41) is 2.79. The number of morpholine rings is 1. The zero-order valence-electron chi connectivity index (χ0n) is 14.0. The van der Waals surface area contributed by atoms with E-state index < -0.39 is 10.0 Å². The van der Waals surface area contributed by atoms with E-state index in [9.17, 15) is 13.2 Å². The molecule has 134 valence electrons. The van der Waals surface area contributed by atoms with Gasteiger partial charge in [0.1, 0.15) is 6.54 Å². The van der Waals surface area contributed by atoms with Gasteiger partial charge in [-0.3, -0.25) is 14.0 Å². The molecule has 0 radical (unpaired) electrons. The van der Waals surface area contributed by atoms with E-state index in [1.807, 2.05) is 0 Å². The minimum Gasteiger partial charge on any atom is -0.379 e. The third-order valence-corrected chi connectivity index (χ3v) is 4.95. The zero-order valence-corrected chi connectivity index (χ0v) is 14.8. The summed E-state index contributed by atoms with van der Waals surface area (Å²) in [6.07, 6.45) is 1.93. The molecule has 1 saturated heterocycles. The summed E-state index contributed by atoms with van der Waals surface area (Å²) in [5.41, 5.74) is 0.489. The summed E-state index contributed by atoms with van der Waals surface area (Å²) < 4.78 is 30.3. The molecule has 1 aromatic carbocycles. The molecule has 8 heteroatoms. The van der Waals surface area contributed by atoms with E-state index in [1.54, 1.807) is 30.3 Å². The van der Waals surface area contributed by atoms with E-state index in [-0.39, 0.29) is 12.5 Å². The SMILES string of the molecule is CS(=O)(=O)N(CC(=O)NCCCN1CCOCC1)c1ccccc1. The third-order valence-electron chi connectivity index (χ3n) is 3.81. The molecule has 0 saturated carbocycles. The standard InChI is InChI=1S/C16H25N3O4S/c1-24(21,22)19(15-6-3-2-4-7-15)14-16(20)17-8-5-9-18-10-12-23-13-11-18/h2-4,6-7H,5,8-14H2,1H3,(H,17,20). The Kier molecular flexibility index (Phi) is 7.01. The van der Waals surface area contributed by atoms with Crippen LogP contribution >= 0.6 is 0 Å². The lowest BCUT2D eigenvalue weighted by Crippen LogP contribution is -2.41. The maximum absolute atomic E-state index is 12.1. The average Bonchev–Trinajstić information content (AvgIpc) is 2.57. The van der Waals surface area contributed by atoms with Crippen LogP contribution in [0.3, 0.4) is 0 Å². The molecule has 1 fully saturated rings. The van der Waals surface area contributed by atoms with Crippen LogP contribution in [0.5, 0.6) is 0 Å². The Bertz CT molecular complexity index is 615. The molecule has 1 aromatic rings. The fourth-order valence-electron chi connectivity index (χ4n) is 2.54. The molecule has 0 atom stereocenters. The predicted molar refractivity (Wildman–Crippen MR) is 93.5 cm³/mol. The van der Waals surface area contributed by atoms with Crippen molar-refractivity contribution in [3.63, 3.8) is 0 Å². The number of anilines is 1. The van der Waals surface area contributed by atoms with Gasteiger partial charge in [-0.05, 0) is 25.1 Å². The van der Waals surface area contributed by atoms with E-state index in [0.717, 1.165) is 49.8 Å². The number of hydrogen-bond donors (Lipinski definition) is 1. The Morgan fingerprint density at radius 1 is 1.25 bits per heavy atom. The van der Waals surface area contributed by atoms with Crippen LogP contribution in [0.2, 0.25) is 0 Å². The predicted octanol–water partition coefficient (Wildman–Crippen LogP) is 0.291. The quantitative estimate of drug-likeness (QED) is 0.678. The molecular formula is C16H25N3O4S. The van der Waals surface area contributed by atoms with Gasteiger partial charge in [-0.2, -0.15) is 0 Å². The highest BCUT2D eigenvalue weighted by Gasteiger charge is 2.20. The molecule has 0 aromatic heterocycles. The number of carbonyl (C=O) groups is 1. The van der Waals surface area contributed by atoms with Gasteiger partial charge in [0, 0.05) is 19.6 Å². The molecular weight excluding hydrogens is 330 g/mol. The lowest BCUT2D eigenvalue weighted by molar-refractivity contribution is -0.119. The number of amides is 1. The highest BCUT2D eigenvalue weighted by molar-refractivity contribution is 7.92. The fourth-order valence-corrected chi connectivity index (χ4v) is 3.39. The van der Waals surface area contributed by atoms with Crippen LogP contribution in [0.4, 0.5) is 5.69 Å². The lowest BCUT2D eigenvalue weighted by atomic mass is 10.3. The summed E-state index contributed by atoms with van der Waals surface area (Å²) in [5.74, 6) is -0.300. The number of nitrogens with one attached hydrogen (secondary N) is 1. The van der Waals surface area contributed by atoms with Gasteiger partial charge in [0.15, 0.2) is 0 Å². The van der Waals surface area contributed by atoms with Crippen molar-refractivity contribution in [3.05, 3.63) is 30.3 Å². The second-order valence-electron chi connectivity index (χ2n) is 5.76. The van der Waals surface area contributed by atoms with Gasteiger partial charge in [-0.1, -0.05) is 18.2 Å². The summed E-state index contributed by atoms with van der Waals surface area (Å²) in [6, 6.07) is 8.64. The minimum atomic E-state index is -3.51. The number of nitrogens with zero attached hydrogens (tertiary/aromatic N) is 2. The van der Waals surface area contributed by atoms with Crippen LogP contribution in [0, 0.1) is 0 Å². The minimum absolute atomic E-state index is 0.208. The summed E-state index contributed by atoms with van der Waals surface area (Å²) in [7, 11) is -3.51. The van der Waals surface area contributed by atoms with Crippen molar-refractivity contribution >= 4 is 21.6 Å². The lowest BCUT2D eigenvalue weighted by Gasteiger charge is -2.26. The van der Waals surface area contributed by atoms with Crippen LogP contribution in [0.1, 0.15) is 6.42 Å². The van der Waals surface area contributed by atoms with Crippen LogP contribution in [0.25, 0.3) is 0 Å². The first-order valence-electron chi connectivity index (χ1n) is 8.06. The molecule has 0 unspecified atom stereocenters. The maximum atomic E-state index is 12.1. The molecule has 1 aliphatic heterocycles. The number of benzene rings is 1. The van der Waals surface area contributed by atoms with Gasteiger partial charge in [-0.15, -0.1) is 0 Å². The smallest absolute Gasteiger partial charge is 0.240 e. The van der Waals surface area contributed by atoms with Crippen LogP contribution in [0.15, 0.2) is 30.3 Å². The highest BCUT2D eigenvalue weighted by Crippen LogP contribution is 2.16. The molecule has 2 rings (SSSR count). The Morgan fingerprint density at radius 3 is 2.54 bits per heavy atom. The third kappa shape index (κ3) is 6.10. The zero-order chi connectivity index (χ0) is 17.4. The molecule has 7 nitrogen and oxygen atoms in total. The fraction of sp³-hybridized carbons (Fsp3) is 0.562. The van der Waals surface area contributed by atoms with E-state index in [2.05, 4.69) is 10.2 Å². The van der Waals surface area contributed by atoms with Crippen LogP contribution < -0.4 is 9.62 Å². The van der Waals surface area contributed by atoms with Gasteiger partial charge in [0.2, 0.25) is 15.9 Å². The number of rotatable bonds is 8. The second-order valence-corrected chi connectivity index (χ2v) is 7.67. The van der Waals surface area contributed by atoms with Crippen LogP contribution in [-0.4, -0.2) is 71.4 Å². The van der Waals surface area contributed by atoms with Crippen molar-refractivity contribution < 1.29 is 17.9 Å². The van der Waals surface area contributed by atoms with E-state index >= 15 is 0 Å². The number of carbonyl (C=O) groups excluding carboxylic acids is 1. The first kappa shape index (κ1) is 18.7. The highest BCUT2D eigenvalue weighted by atomic mass is 32.2. The molecule has 0 spiro atoms. The van der Waals surface area contributed by atoms with Crippen LogP contribution in [-0.2, 0) is 19.6 Å². The van der Waals surface area contributed by atoms with Crippen molar-refractivity contribution in [2.24, 2.45) is 0 Å². The van der Waals surface area contributed by atoms with Gasteiger partial charge >= 0.3 is 0 Å². The summed E-state index contributed by atoms with van der Waals surface area (Å²) in [4.78, 5) is 14.4. The second kappa shape index (κ2) is 9.00. The monoisotopic (exact) mass is 355 g/mol. The molecule has 0 aliphatic carbocycles. The number of ether oxygens (including phenoxy) is 1. The van der Waals surface area contributed by atoms with Crippen molar-refractivity contribution in [3.8, 4) is 0 Å². The molecule has 24 heavy (non-hydrogen) atoms. The number of hydrogen-bond acceptors (Lipinski definition) is 5. The van der Waals surface area contributed by atoms with Crippen molar-refractivity contribution in [1.29, 1.82) is 0 Å². The Labute approximate surface area is 143 Å². The largest absolute Gasteiger partial charge is 0.379 e. The summed E-state index contributed by atoms with van der Waals surface area (Å²) in [6.45, 7) is 4.58. The Morgan fingerprint density at radius 2 is 1.92 bits per heavy atom. The van der Waals surface area contributed by atoms with E-state index in [4.69, 9.17) is 4.74 Å². The van der Waals surface area contributed by atoms with Gasteiger partial charge in [0.05, 0.1) is 25.2 Å². The molecule has 0 bridgehead atoms. The first-order valence-corrected chi connectivity index (χ1v) is 9.91. The molecule has 1 amide bonds. The van der Waals surface area contributed by atoms with Crippen molar-refractivity contribution in [1.82, 2.24) is 10.2 Å². The maximum Gasteiger partial charge on any atom is 0.240 e. The molecule has 1 aliphatic rings. The topological polar surface area (TPSA) is 79.0 Å². The first-order chi connectivity index (χ1) is 11.5. The average molecular weight is 355 g/mol. The number of para-hydroxylation sites is 1. The van der Waals surface area contributed by atoms with E-state index in [1.165, 1.54) is 0 Å². The Hall–Kier alpha value is -1.64. The summed E-state index contributed by atoms with van der Waals surface area (Å²) >= 11 is 0. The molecule has 1 N–H and O–H groups in total. The Balaban J connectivity index is 1.78. The van der Waals surface area contributed by atoms with Gasteiger partial charge in [0.25, 0.3) is 0 Å². The van der Waals surface area contributed by atoms with Gasteiger partial charge < -0.3 is 10.1 Å². The van der Waals surface area contributed by atoms with Gasteiger partial charge in [-0.25, -0.2) is 8.42 Å². The molecule has 1 heterocycles. The van der Waals surface area contributed by atoms with Crippen molar-refractivity contribution in [2.45, 2.75) is 6.42 Å².